The van der Waals surface area contributed by atoms with Crippen molar-refractivity contribution in [2.45, 2.75) is 19.4 Å². The molecule has 3 nitrogen and oxygen atoms in total. The second-order valence-electron chi connectivity index (χ2n) is 4.44. The number of ether oxygens (including phenoxy) is 1. The molecule has 18 heavy (non-hydrogen) atoms. The van der Waals surface area contributed by atoms with Gasteiger partial charge in [0.25, 0.3) is 5.91 Å². The van der Waals surface area contributed by atoms with E-state index in [-0.39, 0.29) is 17.6 Å². The quantitative estimate of drug-likeness (QED) is 0.898. The Hall–Kier alpha value is -1.49. The minimum atomic E-state index is -1.11. The predicted molar refractivity (Wildman–Crippen MR) is 62.2 cm³/mol. The lowest BCUT2D eigenvalue weighted by Crippen LogP contribution is -2.32. The first-order valence-electron chi connectivity index (χ1n) is 5.93. The fraction of sp³-hybridized carbons (Fsp3) is 0.462. The van der Waals surface area contributed by atoms with Gasteiger partial charge in [-0.05, 0) is 25.5 Å². The minimum Gasteiger partial charge on any atom is -0.378 e. The summed E-state index contributed by atoms with van der Waals surface area (Å²) in [5, 5.41) is 2.61. The van der Waals surface area contributed by atoms with Gasteiger partial charge in [-0.2, -0.15) is 0 Å². The van der Waals surface area contributed by atoms with Gasteiger partial charge in [-0.25, -0.2) is 8.78 Å². The number of rotatable bonds is 3. The Kier molecular flexibility index (Phi) is 3.91. The van der Waals surface area contributed by atoms with E-state index in [1.807, 2.05) is 6.92 Å². The molecule has 0 saturated carbocycles. The minimum absolute atomic E-state index is 0.0858. The average Bonchev–Trinajstić information content (AvgIpc) is 2.75. The molecule has 0 aromatic heterocycles. The molecule has 1 aromatic carbocycles. The van der Waals surface area contributed by atoms with Crippen LogP contribution in [0, 0.1) is 17.6 Å². The van der Waals surface area contributed by atoms with Gasteiger partial charge < -0.3 is 10.1 Å². The molecule has 1 aliphatic rings. The van der Waals surface area contributed by atoms with Crippen LogP contribution >= 0.6 is 0 Å². The summed E-state index contributed by atoms with van der Waals surface area (Å²) in [5.74, 6) is -2.48. The standard InChI is InChI=1S/C13H15F2NO2/c1-8-9(5-6-18-8)7-16-13(17)10-3-2-4-11(14)12(10)15/h2-4,8-9H,5-7H2,1H3,(H,16,17). The molecule has 1 aliphatic heterocycles. The smallest absolute Gasteiger partial charge is 0.254 e. The SMILES string of the molecule is CC1OCCC1CNC(=O)c1cccc(F)c1F. The van der Waals surface area contributed by atoms with Gasteiger partial charge in [0.05, 0.1) is 11.7 Å². The van der Waals surface area contributed by atoms with E-state index in [1.54, 1.807) is 0 Å². The summed E-state index contributed by atoms with van der Waals surface area (Å²) >= 11 is 0. The highest BCUT2D eigenvalue weighted by Gasteiger charge is 2.25. The lowest BCUT2D eigenvalue weighted by Gasteiger charge is -2.14. The molecular weight excluding hydrogens is 240 g/mol. The summed E-state index contributed by atoms with van der Waals surface area (Å²) in [6, 6.07) is 3.57. The molecule has 2 rings (SSSR count). The van der Waals surface area contributed by atoms with Crippen molar-refractivity contribution in [3.05, 3.63) is 35.4 Å². The fourth-order valence-corrected chi connectivity index (χ4v) is 2.04. The number of amides is 1. The van der Waals surface area contributed by atoms with Crippen LogP contribution in [0.25, 0.3) is 0 Å². The van der Waals surface area contributed by atoms with E-state index in [0.29, 0.717) is 13.2 Å². The highest BCUT2D eigenvalue weighted by Crippen LogP contribution is 2.19. The van der Waals surface area contributed by atoms with Crippen LogP contribution in [0.1, 0.15) is 23.7 Å². The van der Waals surface area contributed by atoms with E-state index in [9.17, 15) is 13.6 Å². The second-order valence-corrected chi connectivity index (χ2v) is 4.44. The molecule has 0 spiro atoms. The molecule has 1 saturated heterocycles. The average molecular weight is 255 g/mol. The van der Waals surface area contributed by atoms with Crippen LogP contribution in [0.15, 0.2) is 18.2 Å². The van der Waals surface area contributed by atoms with Crippen molar-refractivity contribution in [2.24, 2.45) is 5.92 Å². The van der Waals surface area contributed by atoms with Crippen LogP contribution in [0.5, 0.6) is 0 Å². The Bertz CT molecular complexity index is 451. The van der Waals surface area contributed by atoms with Crippen LogP contribution < -0.4 is 5.32 Å². The van der Waals surface area contributed by atoms with E-state index in [0.717, 1.165) is 12.5 Å². The van der Waals surface area contributed by atoms with E-state index < -0.39 is 17.5 Å². The first-order valence-corrected chi connectivity index (χ1v) is 5.93. The summed E-state index contributed by atoms with van der Waals surface area (Å²) in [7, 11) is 0. The number of nitrogens with one attached hydrogen (secondary N) is 1. The topological polar surface area (TPSA) is 38.3 Å². The Labute approximate surface area is 104 Å². The van der Waals surface area contributed by atoms with Gasteiger partial charge in [-0.1, -0.05) is 6.07 Å². The van der Waals surface area contributed by atoms with Crippen molar-refractivity contribution in [1.29, 1.82) is 0 Å². The largest absolute Gasteiger partial charge is 0.378 e. The predicted octanol–water partition coefficient (Wildman–Crippen LogP) is 2.12. The van der Waals surface area contributed by atoms with Gasteiger partial charge in [0.15, 0.2) is 11.6 Å². The van der Waals surface area contributed by atoms with E-state index >= 15 is 0 Å². The summed E-state index contributed by atoms with van der Waals surface area (Å²) in [6.07, 6.45) is 0.954. The Morgan fingerprint density at radius 2 is 2.28 bits per heavy atom. The molecule has 2 unspecified atom stereocenters. The molecule has 2 atom stereocenters. The van der Waals surface area contributed by atoms with Crippen molar-refractivity contribution >= 4 is 5.91 Å². The van der Waals surface area contributed by atoms with Gasteiger partial charge in [0, 0.05) is 19.1 Å². The van der Waals surface area contributed by atoms with Gasteiger partial charge >= 0.3 is 0 Å². The molecule has 1 amide bonds. The molecule has 0 aliphatic carbocycles. The molecule has 5 heteroatoms. The number of carbonyl (C=O) groups excluding carboxylic acids is 1. The number of halogens is 2. The summed E-state index contributed by atoms with van der Waals surface area (Å²) in [5.41, 5.74) is -0.262. The lowest BCUT2D eigenvalue weighted by molar-refractivity contribution is 0.0903. The number of hydrogen-bond acceptors (Lipinski definition) is 2. The zero-order valence-corrected chi connectivity index (χ0v) is 10.1. The van der Waals surface area contributed by atoms with Gasteiger partial charge in [-0.3, -0.25) is 4.79 Å². The van der Waals surface area contributed by atoms with Crippen molar-refractivity contribution in [3.63, 3.8) is 0 Å². The summed E-state index contributed by atoms with van der Waals surface area (Å²) in [6.45, 7) is 3.03. The first-order chi connectivity index (χ1) is 8.59. The molecular formula is C13H15F2NO2. The molecule has 1 heterocycles. The third-order valence-corrected chi connectivity index (χ3v) is 3.25. The first kappa shape index (κ1) is 13.0. The van der Waals surface area contributed by atoms with Crippen LogP contribution in [-0.4, -0.2) is 25.2 Å². The van der Waals surface area contributed by atoms with Gasteiger partial charge in [0.1, 0.15) is 0 Å². The van der Waals surface area contributed by atoms with Gasteiger partial charge in [0.2, 0.25) is 0 Å². The maximum absolute atomic E-state index is 13.4. The maximum atomic E-state index is 13.4. The van der Waals surface area contributed by atoms with Crippen LogP contribution in [0.4, 0.5) is 8.78 Å². The van der Waals surface area contributed by atoms with Crippen molar-refractivity contribution < 1.29 is 18.3 Å². The van der Waals surface area contributed by atoms with Crippen LogP contribution in [0.2, 0.25) is 0 Å². The van der Waals surface area contributed by atoms with Crippen molar-refractivity contribution in [2.75, 3.05) is 13.2 Å². The molecule has 1 fully saturated rings. The summed E-state index contributed by atoms with van der Waals surface area (Å²) < 4.78 is 31.7. The normalized spacial score (nSPS) is 23.1. The zero-order valence-electron chi connectivity index (χ0n) is 10.1. The molecule has 1 aromatic rings. The zero-order chi connectivity index (χ0) is 13.1. The van der Waals surface area contributed by atoms with E-state index in [2.05, 4.69) is 5.32 Å². The highest BCUT2D eigenvalue weighted by atomic mass is 19.2. The highest BCUT2D eigenvalue weighted by molar-refractivity contribution is 5.94. The van der Waals surface area contributed by atoms with Crippen molar-refractivity contribution in [3.8, 4) is 0 Å². The molecule has 1 N–H and O–H groups in total. The van der Waals surface area contributed by atoms with Crippen LogP contribution in [0.3, 0.4) is 0 Å². The number of hydrogen-bond donors (Lipinski definition) is 1. The summed E-state index contributed by atoms with van der Waals surface area (Å²) in [4.78, 5) is 11.7. The van der Waals surface area contributed by atoms with Crippen molar-refractivity contribution in [1.82, 2.24) is 5.32 Å². The third kappa shape index (κ3) is 2.67. The van der Waals surface area contributed by atoms with E-state index in [4.69, 9.17) is 4.74 Å². The molecule has 0 radical (unpaired) electrons. The maximum Gasteiger partial charge on any atom is 0.254 e. The monoisotopic (exact) mass is 255 g/mol. The Balaban J connectivity index is 1.97. The Morgan fingerprint density at radius 3 is 2.94 bits per heavy atom. The second kappa shape index (κ2) is 5.44. The Morgan fingerprint density at radius 1 is 1.50 bits per heavy atom. The molecule has 98 valence electrons. The van der Waals surface area contributed by atoms with Crippen LogP contribution in [-0.2, 0) is 4.74 Å². The number of carbonyl (C=O) groups is 1. The van der Waals surface area contributed by atoms with Gasteiger partial charge in [-0.15, -0.1) is 0 Å². The lowest BCUT2D eigenvalue weighted by atomic mass is 10.0. The third-order valence-electron chi connectivity index (χ3n) is 3.25. The van der Waals surface area contributed by atoms with E-state index in [1.165, 1.54) is 12.1 Å². The molecule has 0 bridgehead atoms. The fourth-order valence-electron chi connectivity index (χ4n) is 2.04. The number of benzene rings is 1.